The zero-order valence-corrected chi connectivity index (χ0v) is 57.9. The van der Waals surface area contributed by atoms with E-state index in [9.17, 15) is 42.9 Å². The number of carbonyl (C=O) groups is 3. The van der Waals surface area contributed by atoms with Crippen molar-refractivity contribution in [3.05, 3.63) is 260 Å². The Balaban J connectivity index is 0.000000165. The van der Waals surface area contributed by atoms with Crippen LogP contribution in [0.3, 0.4) is 0 Å². The predicted molar refractivity (Wildman–Crippen MR) is 384 cm³/mol. The summed E-state index contributed by atoms with van der Waals surface area (Å²) in [6.07, 6.45) is 15.1. The number of nitrogens with zero attached hydrogens (tertiary/aromatic N) is 3. The molecule has 9 aromatic rings. The van der Waals surface area contributed by atoms with Crippen molar-refractivity contribution in [1.29, 1.82) is 0 Å². The first-order valence-electron chi connectivity index (χ1n) is 32.8. The molecule has 0 saturated carbocycles. The summed E-state index contributed by atoms with van der Waals surface area (Å²) in [6.45, 7) is 7.08. The highest BCUT2D eigenvalue weighted by Gasteiger charge is 2.39. The Kier molecular flexibility index (Phi) is 23.8. The maximum Gasteiger partial charge on any atom is 0.224 e. The summed E-state index contributed by atoms with van der Waals surface area (Å²) in [5.74, 6) is 0.204. The Morgan fingerprint density at radius 3 is 1.18 bits per heavy atom. The van der Waals surface area contributed by atoms with E-state index in [2.05, 4.69) is 37.8 Å². The van der Waals surface area contributed by atoms with Crippen molar-refractivity contribution in [2.45, 2.75) is 77.9 Å². The standard InChI is InChI=1S/C27H29FN2O4.2C27H25FN2O4/c3*1-16-21(9-18-10-24(33-2)27(32)25(11-18)34-3)20-7-6-19(28)12-23(20)22(16)13-26(31)30-15-17-5-4-8-29-14-17/h4-8,10-12,14,16,21-22,32H,9,13,15H2,1-3H3,(H,30,31);2*4-12,14,32H,13,15H2,1-3H3,(H,30,31)/b;2*21-9-. The van der Waals surface area contributed by atoms with Gasteiger partial charge in [0.05, 0.1) is 55.5 Å². The molecule has 18 nitrogen and oxygen atoms in total. The summed E-state index contributed by atoms with van der Waals surface area (Å²) in [5.41, 5.74) is 15.1. The van der Waals surface area contributed by atoms with Crippen molar-refractivity contribution in [3.8, 4) is 51.7 Å². The number of halogens is 3. The molecule has 6 N–H and O–H groups in total. The number of fused-ring (bicyclic) bond motifs is 3. The molecule has 12 rings (SSSR count). The molecule has 3 heterocycles. The number of phenolic OH excluding ortho intramolecular Hbond substituents is 3. The first-order valence-corrected chi connectivity index (χ1v) is 32.8. The van der Waals surface area contributed by atoms with Crippen molar-refractivity contribution in [2.75, 3.05) is 42.7 Å². The zero-order valence-electron chi connectivity index (χ0n) is 57.9. The number of methoxy groups -OCH3 is 6. The topological polar surface area (TPSA) is 242 Å². The van der Waals surface area contributed by atoms with E-state index in [1.165, 1.54) is 73.0 Å². The fourth-order valence-corrected chi connectivity index (χ4v) is 13.1. The molecular weight excluding hydrogens is 1310 g/mol. The number of ether oxygens (including phenoxy) is 6. The minimum absolute atomic E-state index is 0.0427. The molecule has 3 amide bonds. The number of amides is 3. The number of pyridine rings is 3. The Hall–Kier alpha value is -11.9. The molecular formula is C81H79F3N6O12. The summed E-state index contributed by atoms with van der Waals surface area (Å²) in [4.78, 5) is 50.5. The SMILES string of the molecule is COc1cc(/C=C2/C(C)=C(CC(=O)NCc3cccnc3)c3cc(F)ccc32)cc(OC)c1O.COc1cc(/C=C2/C(C)=C(CC(=O)NCc3cccnc3)c3cc(F)ccc32)cc(OC)c1O.COc1cc(CC2c3ccc(F)cc3C(CC(=O)NCc3cccnc3)C2C)cc(OC)c1O. The van der Waals surface area contributed by atoms with Crippen molar-refractivity contribution < 1.29 is 71.3 Å². The van der Waals surface area contributed by atoms with Gasteiger partial charge in [-0.15, -0.1) is 0 Å². The van der Waals surface area contributed by atoms with E-state index in [0.717, 1.165) is 89.1 Å². The highest BCUT2D eigenvalue weighted by molar-refractivity contribution is 6.09. The molecule has 526 valence electrons. The summed E-state index contributed by atoms with van der Waals surface area (Å²) >= 11 is 0. The second-order valence-corrected chi connectivity index (χ2v) is 24.6. The molecule has 0 spiro atoms. The lowest BCUT2D eigenvalue weighted by Crippen LogP contribution is -2.26. The highest BCUT2D eigenvalue weighted by atomic mass is 19.1. The number of allylic oxidation sites excluding steroid dienone is 4. The number of aromatic hydroxyl groups is 3. The van der Waals surface area contributed by atoms with E-state index < -0.39 is 0 Å². The Morgan fingerprint density at radius 2 is 0.804 bits per heavy atom. The molecule has 3 unspecified atom stereocenters. The maximum atomic E-state index is 14.2. The van der Waals surface area contributed by atoms with E-state index in [1.54, 1.807) is 91.8 Å². The van der Waals surface area contributed by atoms with E-state index in [1.807, 2.05) is 68.5 Å². The number of hydrogen-bond acceptors (Lipinski definition) is 15. The van der Waals surface area contributed by atoms with Crippen LogP contribution in [0.15, 0.2) is 176 Å². The average molecular weight is 1390 g/mol. The minimum atomic E-state index is -0.367. The second-order valence-electron chi connectivity index (χ2n) is 24.6. The van der Waals surface area contributed by atoms with Crippen molar-refractivity contribution in [3.63, 3.8) is 0 Å². The van der Waals surface area contributed by atoms with Crippen LogP contribution in [0, 0.1) is 23.4 Å². The summed E-state index contributed by atoms with van der Waals surface area (Å²) in [6, 6.07) is 35.5. The minimum Gasteiger partial charge on any atom is -0.502 e. The number of hydrogen-bond donors (Lipinski definition) is 6. The lowest BCUT2D eigenvalue weighted by molar-refractivity contribution is -0.122. The maximum absolute atomic E-state index is 14.2. The first kappa shape index (κ1) is 72.9. The molecule has 3 atom stereocenters. The van der Waals surface area contributed by atoms with E-state index in [-0.39, 0.29) is 112 Å². The van der Waals surface area contributed by atoms with Crippen LogP contribution in [0.4, 0.5) is 13.2 Å². The van der Waals surface area contributed by atoms with Crippen LogP contribution < -0.4 is 44.4 Å². The molecule has 3 aromatic heterocycles. The molecule has 3 aliphatic rings. The number of nitrogens with one attached hydrogen (secondary N) is 3. The number of phenols is 3. The van der Waals surface area contributed by atoms with Gasteiger partial charge in [-0.2, -0.15) is 0 Å². The van der Waals surface area contributed by atoms with Crippen LogP contribution in [0.5, 0.6) is 51.7 Å². The third-order valence-corrected chi connectivity index (χ3v) is 18.4. The van der Waals surface area contributed by atoms with E-state index >= 15 is 0 Å². The van der Waals surface area contributed by atoms with Crippen LogP contribution in [-0.4, -0.2) is 90.7 Å². The van der Waals surface area contributed by atoms with Gasteiger partial charge in [-0.05, 0) is 241 Å². The lowest BCUT2D eigenvalue weighted by Gasteiger charge is -2.22. The Morgan fingerprint density at radius 1 is 0.441 bits per heavy atom. The normalized spacial score (nSPS) is 15.4. The van der Waals surface area contributed by atoms with Crippen molar-refractivity contribution >= 4 is 52.2 Å². The van der Waals surface area contributed by atoms with Gasteiger partial charge in [-0.25, -0.2) is 13.2 Å². The van der Waals surface area contributed by atoms with Crippen molar-refractivity contribution in [1.82, 2.24) is 30.9 Å². The van der Waals surface area contributed by atoms with Gasteiger partial charge in [-0.3, -0.25) is 29.3 Å². The quantitative estimate of drug-likeness (QED) is 0.0370. The molecule has 6 aromatic carbocycles. The number of aromatic nitrogens is 3. The predicted octanol–water partition coefficient (Wildman–Crippen LogP) is 14.7. The second kappa shape index (κ2) is 33.3. The van der Waals surface area contributed by atoms with Gasteiger partial charge in [0.15, 0.2) is 34.5 Å². The summed E-state index contributed by atoms with van der Waals surface area (Å²) in [7, 11) is 8.85. The van der Waals surface area contributed by atoms with Crippen LogP contribution in [-0.2, 0) is 40.4 Å². The molecule has 0 fully saturated rings. The molecule has 21 heteroatoms. The van der Waals surface area contributed by atoms with Gasteiger partial charge in [0.25, 0.3) is 0 Å². The lowest BCUT2D eigenvalue weighted by atomic mass is 9.83. The van der Waals surface area contributed by atoms with Gasteiger partial charge >= 0.3 is 0 Å². The zero-order chi connectivity index (χ0) is 72.7. The number of benzene rings is 6. The van der Waals surface area contributed by atoms with Crippen LogP contribution >= 0.6 is 0 Å². The number of rotatable bonds is 22. The first-order chi connectivity index (χ1) is 49.2. The Labute approximate surface area is 589 Å². The third kappa shape index (κ3) is 17.0. The average Bonchev–Trinajstić information content (AvgIpc) is 1.63. The fraction of sp³-hybridized carbons (Fsp3) is 0.235. The van der Waals surface area contributed by atoms with E-state index in [4.69, 9.17) is 28.4 Å². The molecule has 102 heavy (non-hydrogen) atoms. The van der Waals surface area contributed by atoms with Crippen LogP contribution in [0.2, 0.25) is 0 Å². The fourth-order valence-electron chi connectivity index (χ4n) is 13.1. The molecule has 0 aliphatic heterocycles. The van der Waals surface area contributed by atoms with Crippen LogP contribution in [0.25, 0.3) is 34.4 Å². The number of carbonyl (C=O) groups excluding carboxylic acids is 3. The third-order valence-electron chi connectivity index (χ3n) is 18.4. The molecule has 0 bridgehead atoms. The molecule has 0 radical (unpaired) electrons. The van der Waals surface area contributed by atoms with Crippen LogP contribution in [0.1, 0.15) is 119 Å². The largest absolute Gasteiger partial charge is 0.502 e. The summed E-state index contributed by atoms with van der Waals surface area (Å²) < 4.78 is 74.2. The highest BCUT2D eigenvalue weighted by Crippen LogP contribution is 2.52. The smallest absolute Gasteiger partial charge is 0.224 e. The van der Waals surface area contributed by atoms with Gasteiger partial charge in [0.1, 0.15) is 17.5 Å². The molecule has 3 aliphatic carbocycles. The van der Waals surface area contributed by atoms with Gasteiger partial charge < -0.3 is 59.7 Å². The Bertz CT molecular complexity index is 4420. The van der Waals surface area contributed by atoms with Gasteiger partial charge in [-0.1, -0.05) is 43.3 Å². The van der Waals surface area contributed by atoms with E-state index in [0.29, 0.717) is 48.7 Å². The summed E-state index contributed by atoms with van der Waals surface area (Å²) in [5, 5.41) is 39.5. The van der Waals surface area contributed by atoms with Gasteiger partial charge in [0, 0.05) is 63.2 Å². The molecule has 0 saturated heterocycles. The van der Waals surface area contributed by atoms with Crippen molar-refractivity contribution in [2.24, 2.45) is 5.92 Å². The monoisotopic (exact) mass is 1380 g/mol. The van der Waals surface area contributed by atoms with Gasteiger partial charge in [0.2, 0.25) is 35.0 Å².